The van der Waals surface area contributed by atoms with Crippen molar-refractivity contribution < 1.29 is 8.78 Å². The molecule has 53 valence electrons. The predicted molar refractivity (Wildman–Crippen MR) is 32.8 cm³/mol. The van der Waals surface area contributed by atoms with Crippen LogP contribution in [0.15, 0.2) is 18.3 Å². The van der Waals surface area contributed by atoms with E-state index in [4.69, 9.17) is 0 Å². The SMILES string of the molecule is FC(F)(Cl)c1c[c]ccn1. The lowest BCUT2D eigenvalue weighted by Gasteiger charge is -2.04. The van der Waals surface area contributed by atoms with E-state index in [0.29, 0.717) is 0 Å². The van der Waals surface area contributed by atoms with Crippen LogP contribution in [0.25, 0.3) is 0 Å². The van der Waals surface area contributed by atoms with Crippen LogP contribution in [0.5, 0.6) is 0 Å². The topological polar surface area (TPSA) is 12.9 Å². The molecule has 1 rings (SSSR count). The fourth-order valence-corrected chi connectivity index (χ4v) is 0.583. The Kier molecular flexibility index (Phi) is 1.85. The van der Waals surface area contributed by atoms with Crippen LogP contribution in [0, 0.1) is 6.07 Å². The van der Waals surface area contributed by atoms with Gasteiger partial charge >= 0.3 is 5.38 Å². The van der Waals surface area contributed by atoms with E-state index in [1.54, 1.807) is 0 Å². The van der Waals surface area contributed by atoms with Crippen LogP contribution in [-0.4, -0.2) is 4.98 Å². The molecule has 0 fully saturated rings. The van der Waals surface area contributed by atoms with E-state index in [2.05, 4.69) is 22.7 Å². The predicted octanol–water partition coefficient (Wildman–Crippen LogP) is 2.17. The zero-order chi connectivity index (χ0) is 7.61. The molecule has 1 aromatic heterocycles. The molecule has 0 saturated carbocycles. The molecule has 1 nitrogen and oxygen atoms in total. The maximum atomic E-state index is 12.1. The summed E-state index contributed by atoms with van der Waals surface area (Å²) in [6.45, 7) is 0. The average Bonchev–Trinajstić information content (AvgIpc) is 1.88. The van der Waals surface area contributed by atoms with Crippen LogP contribution < -0.4 is 0 Å². The molecule has 10 heavy (non-hydrogen) atoms. The van der Waals surface area contributed by atoms with Gasteiger partial charge in [0.05, 0.1) is 0 Å². The summed E-state index contributed by atoms with van der Waals surface area (Å²) in [5.41, 5.74) is -0.475. The van der Waals surface area contributed by atoms with Gasteiger partial charge in [-0.2, -0.15) is 8.78 Å². The van der Waals surface area contributed by atoms with Crippen molar-refractivity contribution in [1.29, 1.82) is 0 Å². The van der Waals surface area contributed by atoms with E-state index >= 15 is 0 Å². The van der Waals surface area contributed by atoms with Gasteiger partial charge in [0.1, 0.15) is 5.69 Å². The van der Waals surface area contributed by atoms with Gasteiger partial charge < -0.3 is 0 Å². The molecule has 0 aromatic carbocycles. The Labute approximate surface area is 61.7 Å². The average molecular weight is 163 g/mol. The quantitative estimate of drug-likeness (QED) is 0.577. The zero-order valence-electron chi connectivity index (χ0n) is 4.81. The molecule has 0 unspecified atom stereocenters. The summed E-state index contributed by atoms with van der Waals surface area (Å²) < 4.78 is 24.3. The second-order valence-electron chi connectivity index (χ2n) is 1.64. The minimum Gasteiger partial charge on any atom is -0.253 e. The van der Waals surface area contributed by atoms with Crippen molar-refractivity contribution in [2.75, 3.05) is 0 Å². The second kappa shape index (κ2) is 2.50. The largest absolute Gasteiger partial charge is 0.364 e. The van der Waals surface area contributed by atoms with Gasteiger partial charge in [-0.05, 0) is 29.8 Å². The van der Waals surface area contributed by atoms with Crippen LogP contribution in [0.4, 0.5) is 8.78 Å². The Bertz CT molecular complexity index is 207. The van der Waals surface area contributed by atoms with E-state index in [1.807, 2.05) is 0 Å². The highest BCUT2D eigenvalue weighted by atomic mass is 35.5. The molecule has 0 spiro atoms. The number of nitrogens with zero attached hydrogens (tertiary/aromatic N) is 1. The summed E-state index contributed by atoms with van der Waals surface area (Å²) in [5.74, 6) is 0. The summed E-state index contributed by atoms with van der Waals surface area (Å²) in [6, 6.07) is 4.91. The lowest BCUT2D eigenvalue weighted by molar-refractivity contribution is 0.0900. The first-order chi connectivity index (χ1) is 4.61. The standard InChI is InChI=1S/C6H3ClF2N/c7-6(8,9)5-3-1-2-4-10-5/h2-4H. The highest BCUT2D eigenvalue weighted by Crippen LogP contribution is 2.29. The van der Waals surface area contributed by atoms with Gasteiger partial charge in [-0.3, -0.25) is 4.98 Å². The van der Waals surface area contributed by atoms with Gasteiger partial charge in [0.15, 0.2) is 0 Å². The third-order valence-corrected chi connectivity index (χ3v) is 1.09. The van der Waals surface area contributed by atoms with E-state index < -0.39 is 11.1 Å². The lowest BCUT2D eigenvalue weighted by Crippen LogP contribution is -2.04. The lowest BCUT2D eigenvalue weighted by atomic mass is 10.4. The fraction of sp³-hybridized carbons (Fsp3) is 0.167. The van der Waals surface area contributed by atoms with Crippen molar-refractivity contribution in [2.24, 2.45) is 0 Å². The molecule has 0 aliphatic rings. The smallest absolute Gasteiger partial charge is 0.253 e. The fourth-order valence-electron chi connectivity index (χ4n) is 0.480. The Balaban J connectivity index is 2.97. The molecule has 0 amide bonds. The molecule has 0 N–H and O–H groups in total. The first-order valence-electron chi connectivity index (χ1n) is 2.50. The Hall–Kier alpha value is -0.700. The van der Waals surface area contributed by atoms with Crippen LogP contribution in [0.3, 0.4) is 0 Å². The number of pyridine rings is 1. The molecule has 0 aliphatic heterocycles. The Morgan fingerprint density at radius 2 is 2.30 bits per heavy atom. The summed E-state index contributed by atoms with van der Waals surface area (Å²) >= 11 is 4.64. The third kappa shape index (κ3) is 1.64. The second-order valence-corrected chi connectivity index (χ2v) is 2.11. The maximum Gasteiger partial charge on any atom is 0.364 e. The van der Waals surface area contributed by atoms with Gasteiger partial charge in [-0.15, -0.1) is 0 Å². The highest BCUT2D eigenvalue weighted by Gasteiger charge is 2.28. The molecule has 1 aromatic rings. The summed E-state index contributed by atoms with van der Waals surface area (Å²) in [7, 11) is 0. The van der Waals surface area contributed by atoms with Crippen LogP contribution >= 0.6 is 11.6 Å². The molecule has 0 atom stereocenters. The monoisotopic (exact) mass is 162 g/mol. The van der Waals surface area contributed by atoms with Gasteiger partial charge in [-0.1, -0.05) is 0 Å². The van der Waals surface area contributed by atoms with Crippen molar-refractivity contribution >= 4 is 11.6 Å². The van der Waals surface area contributed by atoms with Gasteiger partial charge in [0.2, 0.25) is 0 Å². The number of halogens is 3. The van der Waals surface area contributed by atoms with Crippen molar-refractivity contribution in [2.45, 2.75) is 5.38 Å². The molecule has 0 bridgehead atoms. The van der Waals surface area contributed by atoms with Crippen molar-refractivity contribution in [3.63, 3.8) is 0 Å². The molecule has 1 heterocycles. The first-order valence-corrected chi connectivity index (χ1v) is 2.88. The molecule has 4 heteroatoms. The Morgan fingerprint density at radius 3 is 2.60 bits per heavy atom. The number of hydrogen-bond donors (Lipinski definition) is 0. The molecular formula is C6H3ClF2N. The van der Waals surface area contributed by atoms with Crippen molar-refractivity contribution in [3.05, 3.63) is 30.1 Å². The number of rotatable bonds is 1. The minimum atomic E-state index is -3.38. The molecule has 0 aliphatic carbocycles. The maximum absolute atomic E-state index is 12.1. The summed E-state index contributed by atoms with van der Waals surface area (Å²) in [4.78, 5) is 3.34. The van der Waals surface area contributed by atoms with Gasteiger partial charge in [-0.25, -0.2) is 0 Å². The van der Waals surface area contributed by atoms with E-state index in [1.165, 1.54) is 12.3 Å². The molecular weight excluding hydrogens is 160 g/mol. The molecule has 0 saturated heterocycles. The highest BCUT2D eigenvalue weighted by molar-refractivity contribution is 6.21. The third-order valence-electron chi connectivity index (χ3n) is 0.895. The summed E-state index contributed by atoms with van der Waals surface area (Å²) in [5, 5.41) is -3.38. The number of hydrogen-bond acceptors (Lipinski definition) is 1. The van der Waals surface area contributed by atoms with Crippen molar-refractivity contribution in [3.8, 4) is 0 Å². The van der Waals surface area contributed by atoms with Crippen LogP contribution in [0.1, 0.15) is 5.69 Å². The molecule has 1 radical (unpaired) electrons. The normalized spacial score (nSPS) is 11.5. The summed E-state index contributed by atoms with van der Waals surface area (Å²) in [6.07, 6.45) is 1.21. The van der Waals surface area contributed by atoms with Gasteiger partial charge in [0, 0.05) is 6.20 Å². The first kappa shape index (κ1) is 7.41. The number of aromatic nitrogens is 1. The number of alkyl halides is 3. The zero-order valence-corrected chi connectivity index (χ0v) is 5.57. The van der Waals surface area contributed by atoms with E-state index in [-0.39, 0.29) is 0 Å². The van der Waals surface area contributed by atoms with Crippen LogP contribution in [0.2, 0.25) is 0 Å². The van der Waals surface area contributed by atoms with E-state index in [9.17, 15) is 8.78 Å². The van der Waals surface area contributed by atoms with Crippen molar-refractivity contribution in [1.82, 2.24) is 4.98 Å². The van der Waals surface area contributed by atoms with Gasteiger partial charge in [0.25, 0.3) is 0 Å². The Morgan fingerprint density at radius 1 is 1.60 bits per heavy atom. The van der Waals surface area contributed by atoms with Crippen LogP contribution in [-0.2, 0) is 5.38 Å². The van der Waals surface area contributed by atoms with E-state index in [0.717, 1.165) is 6.07 Å². The minimum absolute atomic E-state index is 0.475.